The minimum Gasteiger partial charge on any atom is -0.491 e. The number of hydrogen-bond donors (Lipinski definition) is 1. The van der Waals surface area contributed by atoms with Crippen LogP contribution in [0, 0.1) is 0 Å². The molecule has 20 heavy (non-hydrogen) atoms. The van der Waals surface area contributed by atoms with E-state index in [0.717, 1.165) is 25.4 Å². The molecular weight excluding hydrogens is 248 g/mol. The normalized spacial score (nSPS) is 26.2. The van der Waals surface area contributed by atoms with Crippen LogP contribution in [0.3, 0.4) is 0 Å². The van der Waals surface area contributed by atoms with Crippen LogP contribution in [0.4, 0.5) is 0 Å². The summed E-state index contributed by atoms with van der Waals surface area (Å²) in [5, 5.41) is 3.40. The quantitative estimate of drug-likeness (QED) is 0.913. The Hall–Kier alpha value is -1.06. The van der Waals surface area contributed by atoms with Gasteiger partial charge in [0, 0.05) is 24.7 Å². The Morgan fingerprint density at radius 2 is 2.20 bits per heavy atom. The minimum absolute atomic E-state index is 0.183. The van der Waals surface area contributed by atoms with Crippen molar-refractivity contribution < 1.29 is 4.74 Å². The number of fused-ring (bicyclic) bond motifs is 1. The number of hydrogen-bond acceptors (Lipinski definition) is 3. The van der Waals surface area contributed by atoms with Crippen molar-refractivity contribution in [2.45, 2.75) is 58.3 Å². The maximum Gasteiger partial charge on any atom is 0.124 e. The third-order valence-corrected chi connectivity index (χ3v) is 4.82. The van der Waals surface area contributed by atoms with Gasteiger partial charge in [0.25, 0.3) is 0 Å². The molecule has 2 heterocycles. The molecule has 0 amide bonds. The standard InChI is InChI=1S/C17H26N2O/c1-13(2)19-9-5-8-17(19,3)12-20-16-7-4-6-14-10-18-11-15(14)16/h4,6-7,13,18H,5,8-12H2,1-3H3. The molecule has 0 aromatic heterocycles. The lowest BCUT2D eigenvalue weighted by Crippen LogP contribution is -2.49. The summed E-state index contributed by atoms with van der Waals surface area (Å²) in [5.74, 6) is 1.07. The highest BCUT2D eigenvalue weighted by Crippen LogP contribution is 2.33. The van der Waals surface area contributed by atoms with Gasteiger partial charge in [-0.3, -0.25) is 4.90 Å². The highest BCUT2D eigenvalue weighted by atomic mass is 16.5. The molecule has 1 aromatic carbocycles. The molecule has 0 radical (unpaired) electrons. The van der Waals surface area contributed by atoms with E-state index in [1.165, 1.54) is 30.5 Å². The van der Waals surface area contributed by atoms with Crippen molar-refractivity contribution >= 4 is 0 Å². The van der Waals surface area contributed by atoms with Crippen LogP contribution in [0.2, 0.25) is 0 Å². The van der Waals surface area contributed by atoms with Crippen LogP contribution in [0.15, 0.2) is 18.2 Å². The Labute approximate surface area is 122 Å². The van der Waals surface area contributed by atoms with Crippen molar-refractivity contribution in [1.82, 2.24) is 10.2 Å². The molecule has 0 bridgehead atoms. The average molecular weight is 274 g/mol. The largest absolute Gasteiger partial charge is 0.491 e. The third-order valence-electron chi connectivity index (χ3n) is 4.82. The van der Waals surface area contributed by atoms with Crippen molar-refractivity contribution in [3.8, 4) is 5.75 Å². The van der Waals surface area contributed by atoms with Crippen LogP contribution in [0.1, 0.15) is 44.7 Å². The molecule has 3 nitrogen and oxygen atoms in total. The minimum atomic E-state index is 0.183. The van der Waals surface area contributed by atoms with Crippen molar-refractivity contribution in [2.75, 3.05) is 13.2 Å². The molecule has 110 valence electrons. The van der Waals surface area contributed by atoms with Gasteiger partial charge in [-0.05, 0) is 51.8 Å². The van der Waals surface area contributed by atoms with E-state index in [1.54, 1.807) is 0 Å². The van der Waals surface area contributed by atoms with Crippen LogP contribution < -0.4 is 10.1 Å². The number of benzene rings is 1. The molecule has 1 saturated heterocycles. The summed E-state index contributed by atoms with van der Waals surface area (Å²) in [5.41, 5.74) is 2.92. The van der Waals surface area contributed by atoms with Gasteiger partial charge in [-0.1, -0.05) is 12.1 Å². The maximum absolute atomic E-state index is 6.23. The van der Waals surface area contributed by atoms with Crippen LogP contribution in [-0.2, 0) is 13.1 Å². The van der Waals surface area contributed by atoms with E-state index >= 15 is 0 Å². The number of nitrogens with zero attached hydrogens (tertiary/aromatic N) is 1. The van der Waals surface area contributed by atoms with Gasteiger partial charge in [-0.25, -0.2) is 0 Å². The molecule has 2 aliphatic heterocycles. The topological polar surface area (TPSA) is 24.5 Å². The van der Waals surface area contributed by atoms with Gasteiger partial charge in [-0.15, -0.1) is 0 Å². The second-order valence-electron chi connectivity index (χ2n) is 6.67. The third kappa shape index (κ3) is 2.45. The lowest BCUT2D eigenvalue weighted by molar-refractivity contribution is 0.0660. The van der Waals surface area contributed by atoms with Crippen LogP contribution in [0.5, 0.6) is 5.75 Å². The van der Waals surface area contributed by atoms with Crippen molar-refractivity contribution in [2.24, 2.45) is 0 Å². The molecule has 3 rings (SSSR count). The summed E-state index contributed by atoms with van der Waals surface area (Å²) in [6.45, 7) is 10.8. The highest BCUT2D eigenvalue weighted by molar-refractivity contribution is 5.42. The first kappa shape index (κ1) is 13.9. The van der Waals surface area contributed by atoms with E-state index in [4.69, 9.17) is 4.74 Å². The van der Waals surface area contributed by atoms with Crippen molar-refractivity contribution in [1.29, 1.82) is 0 Å². The van der Waals surface area contributed by atoms with Gasteiger partial charge in [-0.2, -0.15) is 0 Å². The van der Waals surface area contributed by atoms with Crippen LogP contribution >= 0.6 is 0 Å². The van der Waals surface area contributed by atoms with E-state index in [0.29, 0.717) is 6.04 Å². The van der Waals surface area contributed by atoms with Gasteiger partial charge in [0.2, 0.25) is 0 Å². The molecule has 0 aliphatic carbocycles. The summed E-state index contributed by atoms with van der Waals surface area (Å²) >= 11 is 0. The second kappa shape index (κ2) is 5.38. The predicted octanol–water partition coefficient (Wildman–Crippen LogP) is 2.93. The van der Waals surface area contributed by atoms with Gasteiger partial charge < -0.3 is 10.1 Å². The van der Waals surface area contributed by atoms with Crippen molar-refractivity contribution in [3.63, 3.8) is 0 Å². The van der Waals surface area contributed by atoms with Gasteiger partial charge >= 0.3 is 0 Å². The molecule has 1 N–H and O–H groups in total. The molecular formula is C17H26N2O. The lowest BCUT2D eigenvalue weighted by atomic mass is 9.99. The smallest absolute Gasteiger partial charge is 0.124 e. The van der Waals surface area contributed by atoms with Crippen LogP contribution in [-0.4, -0.2) is 29.6 Å². The lowest BCUT2D eigenvalue weighted by Gasteiger charge is -2.38. The molecule has 1 fully saturated rings. The first-order chi connectivity index (χ1) is 9.60. The predicted molar refractivity (Wildman–Crippen MR) is 82.0 cm³/mol. The fourth-order valence-corrected chi connectivity index (χ4v) is 3.75. The van der Waals surface area contributed by atoms with E-state index in [9.17, 15) is 0 Å². The van der Waals surface area contributed by atoms with Gasteiger partial charge in [0.15, 0.2) is 0 Å². The molecule has 1 atom stereocenters. The molecule has 1 unspecified atom stereocenters. The molecule has 3 heteroatoms. The Morgan fingerprint density at radius 1 is 1.35 bits per heavy atom. The molecule has 0 spiro atoms. The summed E-state index contributed by atoms with van der Waals surface area (Å²) in [6, 6.07) is 7.01. The molecule has 2 aliphatic rings. The zero-order valence-corrected chi connectivity index (χ0v) is 12.9. The molecule has 0 saturated carbocycles. The van der Waals surface area contributed by atoms with Gasteiger partial charge in [0.05, 0.1) is 5.54 Å². The van der Waals surface area contributed by atoms with Crippen LogP contribution in [0.25, 0.3) is 0 Å². The fourth-order valence-electron chi connectivity index (χ4n) is 3.75. The van der Waals surface area contributed by atoms with Crippen molar-refractivity contribution in [3.05, 3.63) is 29.3 Å². The first-order valence-electron chi connectivity index (χ1n) is 7.81. The molecule has 1 aromatic rings. The monoisotopic (exact) mass is 274 g/mol. The zero-order chi connectivity index (χ0) is 14.2. The summed E-state index contributed by atoms with van der Waals surface area (Å²) in [6.07, 6.45) is 2.52. The van der Waals surface area contributed by atoms with E-state index in [1.807, 2.05) is 0 Å². The first-order valence-corrected chi connectivity index (χ1v) is 7.81. The summed E-state index contributed by atoms with van der Waals surface area (Å²) < 4.78 is 6.23. The maximum atomic E-state index is 6.23. The summed E-state index contributed by atoms with van der Waals surface area (Å²) in [4.78, 5) is 2.59. The number of rotatable bonds is 4. The number of ether oxygens (including phenoxy) is 1. The number of likely N-dealkylation sites (tertiary alicyclic amines) is 1. The Balaban J connectivity index is 1.72. The van der Waals surface area contributed by atoms with E-state index in [2.05, 4.69) is 49.2 Å². The highest BCUT2D eigenvalue weighted by Gasteiger charge is 2.38. The van der Waals surface area contributed by atoms with E-state index < -0.39 is 0 Å². The van der Waals surface area contributed by atoms with E-state index in [-0.39, 0.29) is 5.54 Å². The average Bonchev–Trinajstić information content (AvgIpc) is 3.03. The zero-order valence-electron chi connectivity index (χ0n) is 12.9. The van der Waals surface area contributed by atoms with Gasteiger partial charge in [0.1, 0.15) is 12.4 Å². The Morgan fingerprint density at radius 3 is 3.00 bits per heavy atom. The summed E-state index contributed by atoms with van der Waals surface area (Å²) in [7, 11) is 0. The SMILES string of the molecule is CC(C)N1CCCC1(C)COc1cccc2c1CNC2. The Kier molecular flexibility index (Phi) is 3.74. The second-order valence-corrected chi connectivity index (χ2v) is 6.67. The Bertz CT molecular complexity index is 486. The number of nitrogens with one attached hydrogen (secondary N) is 1. The fraction of sp³-hybridized carbons (Fsp3) is 0.647.